The lowest BCUT2D eigenvalue weighted by Crippen LogP contribution is -2.50. The van der Waals surface area contributed by atoms with Crippen LogP contribution in [0.3, 0.4) is 0 Å². The predicted octanol–water partition coefficient (Wildman–Crippen LogP) is 2.01. The first-order valence-electron chi connectivity index (χ1n) is 9.47. The number of nitriles is 1. The Balaban J connectivity index is 1.30. The zero-order valence-corrected chi connectivity index (χ0v) is 14.7. The third-order valence-corrected chi connectivity index (χ3v) is 5.72. The number of pyridine rings is 1. The summed E-state index contributed by atoms with van der Waals surface area (Å²) in [6, 6.07) is 7.84. The summed E-state index contributed by atoms with van der Waals surface area (Å²) in [4.78, 5) is 19.0. The van der Waals surface area contributed by atoms with Gasteiger partial charge in [-0.2, -0.15) is 10.4 Å². The van der Waals surface area contributed by atoms with Crippen LogP contribution in [0.4, 0.5) is 5.82 Å². The van der Waals surface area contributed by atoms with E-state index in [0.29, 0.717) is 23.9 Å². The van der Waals surface area contributed by atoms with Gasteiger partial charge in [-0.1, -0.05) is 0 Å². The summed E-state index contributed by atoms with van der Waals surface area (Å²) in [6.45, 7) is 2.28. The normalized spacial score (nSPS) is 19.1. The molecule has 26 heavy (non-hydrogen) atoms. The topological polar surface area (TPSA) is 74.8 Å². The molecule has 2 aromatic rings. The van der Waals surface area contributed by atoms with Gasteiger partial charge in [-0.25, -0.2) is 9.67 Å². The van der Waals surface area contributed by atoms with E-state index < -0.39 is 0 Å². The summed E-state index contributed by atoms with van der Waals surface area (Å²) in [6.07, 6.45) is 5.54. The fourth-order valence-electron chi connectivity index (χ4n) is 4.08. The molecule has 6 nitrogen and oxygen atoms in total. The molecule has 1 saturated carbocycles. The molecule has 0 aromatic carbocycles. The Morgan fingerprint density at radius 2 is 2.08 bits per heavy atom. The van der Waals surface area contributed by atoms with Crippen LogP contribution in [0.5, 0.6) is 0 Å². The molecule has 0 atom stereocenters. The first-order valence-corrected chi connectivity index (χ1v) is 9.47. The molecule has 132 valence electrons. The van der Waals surface area contributed by atoms with Crippen LogP contribution >= 0.6 is 0 Å². The van der Waals surface area contributed by atoms with E-state index in [1.807, 2.05) is 12.1 Å². The maximum absolute atomic E-state index is 12.1. The van der Waals surface area contributed by atoms with Gasteiger partial charge in [0, 0.05) is 36.7 Å². The van der Waals surface area contributed by atoms with Gasteiger partial charge in [-0.05, 0) is 49.8 Å². The van der Waals surface area contributed by atoms with Crippen molar-refractivity contribution >= 4 is 5.82 Å². The number of nitrogens with zero attached hydrogens (tertiary/aromatic N) is 5. The maximum atomic E-state index is 12.1. The third kappa shape index (κ3) is 2.68. The van der Waals surface area contributed by atoms with Crippen LogP contribution in [0.15, 0.2) is 23.0 Å². The lowest BCUT2D eigenvalue weighted by atomic mass is 9.99. The Bertz CT molecular complexity index is 963. The SMILES string of the molecule is N#Cc1cc2c(nc1N1CC(Cn3nc(C4CC4)ccc3=O)C1)CCC2. The molecule has 3 heterocycles. The molecule has 0 amide bonds. The van der Waals surface area contributed by atoms with Crippen molar-refractivity contribution in [1.82, 2.24) is 14.8 Å². The largest absolute Gasteiger partial charge is 0.355 e. The van der Waals surface area contributed by atoms with E-state index in [2.05, 4.69) is 16.1 Å². The smallest absolute Gasteiger partial charge is 0.266 e. The Morgan fingerprint density at radius 3 is 2.85 bits per heavy atom. The average molecular weight is 347 g/mol. The molecule has 3 aliphatic rings. The van der Waals surface area contributed by atoms with Crippen LogP contribution in [0.1, 0.15) is 47.7 Å². The highest BCUT2D eigenvalue weighted by Gasteiger charge is 2.32. The Kier molecular flexibility index (Phi) is 3.56. The summed E-state index contributed by atoms with van der Waals surface area (Å²) >= 11 is 0. The third-order valence-electron chi connectivity index (χ3n) is 5.72. The van der Waals surface area contributed by atoms with Gasteiger partial charge >= 0.3 is 0 Å². The van der Waals surface area contributed by atoms with Gasteiger partial charge in [-0.3, -0.25) is 4.79 Å². The number of hydrogen-bond donors (Lipinski definition) is 0. The number of hydrogen-bond acceptors (Lipinski definition) is 5. The van der Waals surface area contributed by atoms with Gasteiger partial charge in [0.2, 0.25) is 0 Å². The molecular formula is C20H21N5O. The molecule has 6 heteroatoms. The highest BCUT2D eigenvalue weighted by Crippen LogP contribution is 2.38. The fourth-order valence-corrected chi connectivity index (χ4v) is 4.08. The maximum Gasteiger partial charge on any atom is 0.266 e. The van der Waals surface area contributed by atoms with Crippen molar-refractivity contribution in [3.63, 3.8) is 0 Å². The van der Waals surface area contributed by atoms with Crippen LogP contribution in [0.25, 0.3) is 0 Å². The summed E-state index contributed by atoms with van der Waals surface area (Å²) in [5.41, 5.74) is 4.08. The van der Waals surface area contributed by atoms with Gasteiger partial charge in [0.05, 0.1) is 17.8 Å². The molecule has 0 N–H and O–H groups in total. The number of anilines is 1. The van der Waals surface area contributed by atoms with Crippen molar-refractivity contribution < 1.29 is 0 Å². The molecular weight excluding hydrogens is 326 g/mol. The van der Waals surface area contributed by atoms with Gasteiger partial charge in [-0.15, -0.1) is 0 Å². The number of aromatic nitrogens is 3. The van der Waals surface area contributed by atoms with Crippen LogP contribution in [-0.2, 0) is 19.4 Å². The summed E-state index contributed by atoms with van der Waals surface area (Å²) < 4.78 is 1.62. The fraction of sp³-hybridized carbons (Fsp3) is 0.500. The molecule has 5 rings (SSSR count). The molecule has 2 aliphatic carbocycles. The van der Waals surface area contributed by atoms with Gasteiger partial charge in [0.25, 0.3) is 5.56 Å². The first kappa shape index (κ1) is 15.6. The van der Waals surface area contributed by atoms with Gasteiger partial charge in [0.1, 0.15) is 11.9 Å². The van der Waals surface area contributed by atoms with E-state index in [1.165, 1.54) is 18.4 Å². The van der Waals surface area contributed by atoms with E-state index in [4.69, 9.17) is 4.98 Å². The van der Waals surface area contributed by atoms with Gasteiger partial charge in [0.15, 0.2) is 0 Å². The van der Waals surface area contributed by atoms with Crippen molar-refractivity contribution in [3.8, 4) is 6.07 Å². The minimum Gasteiger partial charge on any atom is -0.355 e. The Morgan fingerprint density at radius 1 is 1.23 bits per heavy atom. The van der Waals surface area contributed by atoms with Crippen molar-refractivity contribution in [2.75, 3.05) is 18.0 Å². The summed E-state index contributed by atoms with van der Waals surface area (Å²) in [7, 11) is 0. The minimum absolute atomic E-state index is 0.0266. The zero-order valence-electron chi connectivity index (χ0n) is 14.7. The van der Waals surface area contributed by atoms with Crippen LogP contribution in [-0.4, -0.2) is 27.9 Å². The zero-order chi connectivity index (χ0) is 17.7. The lowest BCUT2D eigenvalue weighted by molar-refractivity contribution is 0.331. The van der Waals surface area contributed by atoms with Crippen molar-refractivity contribution in [2.45, 2.75) is 44.6 Å². The molecule has 0 unspecified atom stereocenters. The van der Waals surface area contributed by atoms with Crippen LogP contribution in [0.2, 0.25) is 0 Å². The summed E-state index contributed by atoms with van der Waals surface area (Å²) in [5.74, 6) is 1.74. The Labute approximate surface area is 152 Å². The number of fused-ring (bicyclic) bond motifs is 1. The highest BCUT2D eigenvalue weighted by atomic mass is 16.1. The molecule has 0 radical (unpaired) electrons. The number of rotatable bonds is 4. The van der Waals surface area contributed by atoms with E-state index >= 15 is 0 Å². The molecule has 2 aromatic heterocycles. The second-order valence-electron chi connectivity index (χ2n) is 7.75. The predicted molar refractivity (Wildman–Crippen MR) is 97.2 cm³/mol. The number of aryl methyl sites for hydroxylation is 2. The Hall–Kier alpha value is -2.68. The van der Waals surface area contributed by atoms with E-state index in [0.717, 1.165) is 49.6 Å². The minimum atomic E-state index is -0.0266. The van der Waals surface area contributed by atoms with E-state index in [1.54, 1.807) is 10.7 Å². The van der Waals surface area contributed by atoms with E-state index in [-0.39, 0.29) is 5.56 Å². The van der Waals surface area contributed by atoms with Crippen LogP contribution in [0, 0.1) is 17.2 Å². The second kappa shape index (κ2) is 5.94. The molecule has 0 bridgehead atoms. The summed E-state index contributed by atoms with van der Waals surface area (Å²) in [5, 5.41) is 14.0. The van der Waals surface area contributed by atoms with E-state index in [9.17, 15) is 10.1 Å². The highest BCUT2D eigenvalue weighted by molar-refractivity contribution is 5.58. The molecule has 1 saturated heterocycles. The standard InChI is InChI=1S/C20H21N5O/c21-9-16-8-15-2-1-3-17(15)22-20(16)24-10-13(11-24)12-25-19(26)7-6-18(23-25)14-4-5-14/h6-8,13-14H,1-5,10-12H2. The quantitative estimate of drug-likeness (QED) is 0.846. The van der Waals surface area contributed by atoms with Crippen molar-refractivity contribution in [1.29, 1.82) is 5.26 Å². The average Bonchev–Trinajstić information content (AvgIpc) is 3.36. The van der Waals surface area contributed by atoms with Gasteiger partial charge < -0.3 is 4.90 Å². The molecule has 1 aliphatic heterocycles. The van der Waals surface area contributed by atoms with Crippen molar-refractivity contribution in [3.05, 3.63) is 51.1 Å². The lowest BCUT2D eigenvalue weighted by Gasteiger charge is -2.40. The monoisotopic (exact) mass is 347 g/mol. The second-order valence-corrected chi connectivity index (χ2v) is 7.75. The van der Waals surface area contributed by atoms with Crippen molar-refractivity contribution in [2.24, 2.45) is 5.92 Å². The molecule has 0 spiro atoms. The molecule has 2 fully saturated rings. The van der Waals surface area contributed by atoms with Crippen LogP contribution < -0.4 is 10.5 Å². The first-order chi connectivity index (χ1) is 12.7.